The van der Waals surface area contributed by atoms with Gasteiger partial charge >= 0.3 is 0 Å². The third-order valence-electron chi connectivity index (χ3n) is 4.43. The minimum absolute atomic E-state index is 0.0587. The average Bonchev–Trinajstić information content (AvgIpc) is 3.06. The van der Waals surface area contributed by atoms with Gasteiger partial charge in [-0.15, -0.1) is 0 Å². The van der Waals surface area contributed by atoms with E-state index in [0.717, 1.165) is 30.6 Å². The Morgan fingerprint density at radius 3 is 2.78 bits per heavy atom. The Morgan fingerprint density at radius 1 is 1.15 bits per heavy atom. The lowest BCUT2D eigenvalue weighted by atomic mass is 10.0. The van der Waals surface area contributed by atoms with Gasteiger partial charge in [-0.3, -0.25) is 9.59 Å². The van der Waals surface area contributed by atoms with Crippen LogP contribution in [0.25, 0.3) is 6.08 Å². The summed E-state index contributed by atoms with van der Waals surface area (Å²) >= 11 is 2.68. The summed E-state index contributed by atoms with van der Waals surface area (Å²) in [6.45, 7) is 0.744. The van der Waals surface area contributed by atoms with Crippen molar-refractivity contribution < 1.29 is 9.59 Å². The second-order valence-electron chi connectivity index (χ2n) is 6.27. The molecule has 2 aromatic rings. The third kappa shape index (κ3) is 4.17. The van der Waals surface area contributed by atoms with Crippen LogP contribution >= 0.6 is 23.5 Å². The van der Waals surface area contributed by atoms with E-state index in [-0.39, 0.29) is 17.6 Å². The van der Waals surface area contributed by atoms with Gasteiger partial charge in [-0.2, -0.15) is 4.99 Å². The predicted molar refractivity (Wildman–Crippen MR) is 114 cm³/mol. The van der Waals surface area contributed by atoms with Crippen LogP contribution in [0.1, 0.15) is 17.5 Å². The fourth-order valence-electron chi connectivity index (χ4n) is 3.15. The number of rotatable bonds is 3. The Bertz CT molecular complexity index is 938. The van der Waals surface area contributed by atoms with Gasteiger partial charge in [0.15, 0.2) is 0 Å². The summed E-state index contributed by atoms with van der Waals surface area (Å²) in [5, 5.41) is 0. The smallest absolute Gasteiger partial charge is 0.285 e. The van der Waals surface area contributed by atoms with E-state index in [0.29, 0.717) is 9.28 Å². The number of carbonyl (C=O) groups is 2. The van der Waals surface area contributed by atoms with E-state index in [1.807, 2.05) is 59.5 Å². The molecule has 2 aliphatic rings. The number of fused-ring (bicyclic) bond motifs is 1. The van der Waals surface area contributed by atoms with Gasteiger partial charge in [0.25, 0.3) is 5.91 Å². The van der Waals surface area contributed by atoms with Crippen molar-refractivity contribution >= 4 is 51.5 Å². The quantitative estimate of drug-likeness (QED) is 0.726. The van der Waals surface area contributed by atoms with Crippen LogP contribution < -0.4 is 4.90 Å². The molecule has 0 fully saturated rings. The fraction of sp³-hybridized carbons (Fsp3) is 0.190. The molecular weight excluding hydrogens is 376 g/mol. The fourth-order valence-corrected chi connectivity index (χ4v) is 5.02. The zero-order valence-corrected chi connectivity index (χ0v) is 16.3. The normalized spacial score (nSPS) is 17.8. The standard InChI is InChI=1S/C21H18N2O2S2/c24-19(23-12-6-10-16-9-4-5-11-17(16)23)14-26-21-22-20(25)18(27-21)13-15-7-2-1-3-8-15/h1-5,7-9,11,13H,6,10,12,14H2/b18-13+. The van der Waals surface area contributed by atoms with Crippen LogP contribution in [0.4, 0.5) is 5.69 Å². The largest absolute Gasteiger partial charge is 0.311 e. The van der Waals surface area contributed by atoms with Crippen molar-refractivity contribution in [2.24, 2.45) is 4.99 Å². The topological polar surface area (TPSA) is 49.7 Å². The highest BCUT2D eigenvalue weighted by Gasteiger charge is 2.26. The number of aryl methyl sites for hydroxylation is 1. The number of anilines is 1. The van der Waals surface area contributed by atoms with Gasteiger partial charge in [0.2, 0.25) is 5.91 Å². The Balaban J connectivity index is 1.39. The Kier molecular flexibility index (Phi) is 5.45. The van der Waals surface area contributed by atoms with E-state index in [1.165, 1.54) is 29.1 Å². The minimum atomic E-state index is -0.234. The first kappa shape index (κ1) is 18.1. The van der Waals surface area contributed by atoms with Crippen molar-refractivity contribution in [1.29, 1.82) is 0 Å². The molecule has 2 aliphatic heterocycles. The number of carbonyl (C=O) groups excluding carboxylic acids is 2. The molecule has 0 aliphatic carbocycles. The summed E-state index contributed by atoms with van der Waals surface area (Å²) in [6.07, 6.45) is 3.83. The molecule has 0 unspecified atom stereocenters. The van der Waals surface area contributed by atoms with Gasteiger partial charge in [-0.25, -0.2) is 0 Å². The van der Waals surface area contributed by atoms with Crippen molar-refractivity contribution in [1.82, 2.24) is 0 Å². The molecule has 0 saturated carbocycles. The maximum absolute atomic E-state index is 12.7. The molecule has 0 saturated heterocycles. The number of para-hydroxylation sites is 1. The summed E-state index contributed by atoms with van der Waals surface area (Å²) < 4.78 is 0.640. The van der Waals surface area contributed by atoms with Gasteiger partial charge in [-0.05, 0) is 36.1 Å². The Hall–Kier alpha value is -2.31. The lowest BCUT2D eigenvalue weighted by Gasteiger charge is -2.29. The summed E-state index contributed by atoms with van der Waals surface area (Å²) in [4.78, 5) is 31.4. The van der Waals surface area contributed by atoms with Crippen LogP contribution in [0, 0.1) is 0 Å². The molecule has 4 rings (SSSR count). The number of hydrogen-bond acceptors (Lipinski definition) is 4. The van der Waals surface area contributed by atoms with Crippen LogP contribution in [0.5, 0.6) is 0 Å². The second-order valence-corrected chi connectivity index (χ2v) is 8.52. The lowest BCUT2D eigenvalue weighted by molar-refractivity contribution is -0.116. The molecule has 2 heterocycles. The van der Waals surface area contributed by atoms with Crippen LogP contribution in [0.3, 0.4) is 0 Å². The van der Waals surface area contributed by atoms with Gasteiger partial charge < -0.3 is 4.90 Å². The summed E-state index contributed by atoms with van der Waals surface area (Å²) in [6, 6.07) is 17.8. The van der Waals surface area contributed by atoms with Crippen molar-refractivity contribution in [3.8, 4) is 0 Å². The maximum atomic E-state index is 12.7. The van der Waals surface area contributed by atoms with Crippen LogP contribution in [-0.2, 0) is 16.0 Å². The van der Waals surface area contributed by atoms with E-state index in [2.05, 4.69) is 11.1 Å². The number of nitrogens with zero attached hydrogens (tertiary/aromatic N) is 2. The van der Waals surface area contributed by atoms with E-state index >= 15 is 0 Å². The average molecular weight is 395 g/mol. The van der Waals surface area contributed by atoms with E-state index < -0.39 is 0 Å². The number of aliphatic imine (C=N–C) groups is 1. The Labute approximate surface area is 166 Å². The SMILES string of the molecule is O=C1N=C(SCC(=O)N2CCCc3ccccc32)S/C1=C/c1ccccc1. The summed E-state index contributed by atoms with van der Waals surface area (Å²) in [7, 11) is 0. The second kappa shape index (κ2) is 8.15. The highest BCUT2D eigenvalue weighted by atomic mass is 32.2. The molecule has 6 heteroatoms. The molecule has 0 N–H and O–H groups in total. The molecule has 0 atom stereocenters. The van der Waals surface area contributed by atoms with Crippen molar-refractivity contribution in [2.75, 3.05) is 17.2 Å². The highest BCUT2D eigenvalue weighted by molar-refractivity contribution is 8.41. The molecule has 136 valence electrons. The molecule has 2 amide bonds. The van der Waals surface area contributed by atoms with Gasteiger partial charge in [0.05, 0.1) is 10.7 Å². The first-order chi connectivity index (χ1) is 13.2. The van der Waals surface area contributed by atoms with Gasteiger partial charge in [0.1, 0.15) is 4.38 Å². The number of hydrogen-bond donors (Lipinski definition) is 0. The summed E-state index contributed by atoms with van der Waals surface area (Å²) in [5.74, 6) is 0.108. The van der Waals surface area contributed by atoms with E-state index in [4.69, 9.17) is 0 Å². The molecule has 2 aromatic carbocycles. The monoisotopic (exact) mass is 394 g/mol. The summed E-state index contributed by atoms with van der Waals surface area (Å²) in [5.41, 5.74) is 3.20. The third-order valence-corrected chi connectivity index (χ3v) is 6.54. The molecular formula is C21H18N2O2S2. The van der Waals surface area contributed by atoms with Crippen molar-refractivity contribution in [3.63, 3.8) is 0 Å². The zero-order chi connectivity index (χ0) is 18.6. The van der Waals surface area contributed by atoms with E-state index in [9.17, 15) is 9.59 Å². The Morgan fingerprint density at radius 2 is 1.93 bits per heavy atom. The molecule has 27 heavy (non-hydrogen) atoms. The molecule has 0 bridgehead atoms. The van der Waals surface area contributed by atoms with Crippen LogP contribution in [-0.4, -0.2) is 28.5 Å². The minimum Gasteiger partial charge on any atom is -0.311 e. The number of amides is 2. The number of benzene rings is 2. The van der Waals surface area contributed by atoms with Crippen LogP contribution in [0.15, 0.2) is 64.5 Å². The van der Waals surface area contributed by atoms with Gasteiger partial charge in [-0.1, -0.05) is 72.1 Å². The van der Waals surface area contributed by atoms with Gasteiger partial charge in [0, 0.05) is 12.2 Å². The predicted octanol–water partition coefficient (Wildman–Crippen LogP) is 4.37. The maximum Gasteiger partial charge on any atom is 0.285 e. The number of thioether (sulfide) groups is 2. The lowest BCUT2D eigenvalue weighted by Crippen LogP contribution is -2.36. The van der Waals surface area contributed by atoms with Crippen LogP contribution in [0.2, 0.25) is 0 Å². The molecule has 0 spiro atoms. The van der Waals surface area contributed by atoms with Crippen molar-refractivity contribution in [3.05, 3.63) is 70.6 Å². The molecule has 4 nitrogen and oxygen atoms in total. The highest BCUT2D eigenvalue weighted by Crippen LogP contribution is 2.34. The first-order valence-corrected chi connectivity index (χ1v) is 10.6. The van der Waals surface area contributed by atoms with Crippen molar-refractivity contribution in [2.45, 2.75) is 12.8 Å². The molecule has 0 aromatic heterocycles. The first-order valence-electron chi connectivity index (χ1n) is 8.79. The van der Waals surface area contributed by atoms with E-state index in [1.54, 1.807) is 0 Å². The zero-order valence-electron chi connectivity index (χ0n) is 14.6. The molecule has 0 radical (unpaired) electrons.